The third-order valence-electron chi connectivity index (χ3n) is 4.34. The van der Waals surface area contributed by atoms with Crippen LogP contribution in [0.25, 0.3) is 0 Å². The first-order valence-corrected chi connectivity index (χ1v) is 8.44. The molecule has 108 valence electrons. The Labute approximate surface area is 125 Å². The van der Waals surface area contributed by atoms with Gasteiger partial charge < -0.3 is 5.32 Å². The maximum Gasteiger partial charge on any atom is 0.0767 e. The van der Waals surface area contributed by atoms with E-state index in [1.165, 1.54) is 41.5 Å². The highest BCUT2D eigenvalue weighted by Gasteiger charge is 2.22. The van der Waals surface area contributed by atoms with Crippen molar-refractivity contribution in [3.63, 3.8) is 0 Å². The SMILES string of the molecule is CCc1nn(CC)c(CNC2CCCCC2C)c1Br. The Morgan fingerprint density at radius 3 is 2.68 bits per heavy atom. The van der Waals surface area contributed by atoms with Crippen LogP contribution in [0, 0.1) is 5.92 Å². The third kappa shape index (κ3) is 3.40. The van der Waals surface area contributed by atoms with Crippen LogP contribution in [0.1, 0.15) is 57.8 Å². The molecule has 1 aliphatic rings. The molecule has 0 aromatic carbocycles. The summed E-state index contributed by atoms with van der Waals surface area (Å²) >= 11 is 3.72. The van der Waals surface area contributed by atoms with E-state index in [1.54, 1.807) is 0 Å². The second-order valence-electron chi connectivity index (χ2n) is 5.63. The Hall–Kier alpha value is -0.350. The zero-order valence-electron chi connectivity index (χ0n) is 12.4. The molecule has 1 fully saturated rings. The molecule has 1 saturated carbocycles. The zero-order valence-corrected chi connectivity index (χ0v) is 14.0. The number of hydrogen-bond acceptors (Lipinski definition) is 2. The number of hydrogen-bond donors (Lipinski definition) is 1. The van der Waals surface area contributed by atoms with E-state index in [-0.39, 0.29) is 0 Å². The molecule has 2 atom stereocenters. The molecule has 4 heteroatoms. The first-order chi connectivity index (χ1) is 9.17. The van der Waals surface area contributed by atoms with Crippen LogP contribution in [0.4, 0.5) is 0 Å². The molecule has 0 bridgehead atoms. The quantitative estimate of drug-likeness (QED) is 0.888. The fourth-order valence-corrected chi connectivity index (χ4v) is 3.74. The highest BCUT2D eigenvalue weighted by Crippen LogP contribution is 2.26. The van der Waals surface area contributed by atoms with Gasteiger partial charge in [-0.3, -0.25) is 4.68 Å². The van der Waals surface area contributed by atoms with Gasteiger partial charge in [-0.05, 0) is 48.0 Å². The van der Waals surface area contributed by atoms with Gasteiger partial charge in [0.05, 0.1) is 15.9 Å². The lowest BCUT2D eigenvalue weighted by atomic mass is 9.86. The first-order valence-electron chi connectivity index (χ1n) is 7.64. The average Bonchev–Trinajstić information content (AvgIpc) is 2.74. The van der Waals surface area contributed by atoms with Crippen LogP contribution in [0.3, 0.4) is 0 Å². The molecule has 1 heterocycles. The molecule has 3 nitrogen and oxygen atoms in total. The van der Waals surface area contributed by atoms with E-state index in [0.29, 0.717) is 6.04 Å². The molecule has 2 rings (SSSR count). The second-order valence-corrected chi connectivity index (χ2v) is 6.42. The molecule has 0 amide bonds. The number of rotatable bonds is 5. The van der Waals surface area contributed by atoms with Crippen molar-refractivity contribution in [3.05, 3.63) is 15.9 Å². The van der Waals surface area contributed by atoms with Gasteiger partial charge in [0.2, 0.25) is 0 Å². The van der Waals surface area contributed by atoms with Crippen molar-refractivity contribution < 1.29 is 0 Å². The Balaban J connectivity index is 2.04. The summed E-state index contributed by atoms with van der Waals surface area (Å²) < 4.78 is 3.33. The number of aryl methyl sites for hydroxylation is 2. The van der Waals surface area contributed by atoms with Crippen LogP contribution in [0.5, 0.6) is 0 Å². The first kappa shape index (κ1) is 15.0. The monoisotopic (exact) mass is 327 g/mol. The summed E-state index contributed by atoms with van der Waals surface area (Å²) in [5.41, 5.74) is 2.48. The second kappa shape index (κ2) is 6.89. The van der Waals surface area contributed by atoms with Gasteiger partial charge in [0, 0.05) is 19.1 Å². The minimum Gasteiger partial charge on any atom is -0.308 e. The molecule has 0 spiro atoms. The zero-order chi connectivity index (χ0) is 13.8. The molecule has 1 aromatic rings. The van der Waals surface area contributed by atoms with Crippen molar-refractivity contribution in [3.8, 4) is 0 Å². The van der Waals surface area contributed by atoms with E-state index in [9.17, 15) is 0 Å². The average molecular weight is 328 g/mol. The lowest BCUT2D eigenvalue weighted by Crippen LogP contribution is -2.37. The molecule has 1 N–H and O–H groups in total. The predicted octanol–water partition coefficient (Wildman–Crippen LogP) is 3.90. The van der Waals surface area contributed by atoms with Gasteiger partial charge in [-0.2, -0.15) is 5.10 Å². The molecule has 2 unspecified atom stereocenters. The topological polar surface area (TPSA) is 29.9 Å². The minimum absolute atomic E-state index is 0.672. The van der Waals surface area contributed by atoms with E-state index in [0.717, 1.165) is 25.4 Å². The molecular weight excluding hydrogens is 302 g/mol. The summed E-state index contributed by atoms with van der Waals surface area (Å²) in [5, 5.41) is 8.41. The number of nitrogens with one attached hydrogen (secondary N) is 1. The maximum atomic E-state index is 4.66. The largest absolute Gasteiger partial charge is 0.308 e. The summed E-state index contributed by atoms with van der Waals surface area (Å²) in [6.45, 7) is 8.56. The van der Waals surface area contributed by atoms with E-state index >= 15 is 0 Å². The minimum atomic E-state index is 0.672. The summed E-state index contributed by atoms with van der Waals surface area (Å²) in [6.07, 6.45) is 6.44. The fraction of sp³-hybridized carbons (Fsp3) is 0.800. The van der Waals surface area contributed by atoms with Crippen LogP contribution in [0.15, 0.2) is 4.47 Å². The highest BCUT2D eigenvalue weighted by molar-refractivity contribution is 9.10. The van der Waals surface area contributed by atoms with Gasteiger partial charge in [-0.25, -0.2) is 0 Å². The Morgan fingerprint density at radius 1 is 1.32 bits per heavy atom. The number of halogens is 1. The van der Waals surface area contributed by atoms with Gasteiger partial charge in [0.25, 0.3) is 0 Å². The van der Waals surface area contributed by atoms with Gasteiger partial charge >= 0.3 is 0 Å². The van der Waals surface area contributed by atoms with E-state index in [1.807, 2.05) is 0 Å². The Morgan fingerprint density at radius 2 is 2.05 bits per heavy atom. The van der Waals surface area contributed by atoms with E-state index in [4.69, 9.17) is 0 Å². The van der Waals surface area contributed by atoms with Crippen molar-refractivity contribution >= 4 is 15.9 Å². The number of aromatic nitrogens is 2. The lowest BCUT2D eigenvalue weighted by molar-refractivity contribution is 0.277. The van der Waals surface area contributed by atoms with E-state index < -0.39 is 0 Å². The maximum absolute atomic E-state index is 4.66. The fourth-order valence-electron chi connectivity index (χ4n) is 3.03. The predicted molar refractivity (Wildman–Crippen MR) is 83.2 cm³/mol. The van der Waals surface area contributed by atoms with E-state index in [2.05, 4.69) is 51.8 Å². The summed E-state index contributed by atoms with van der Waals surface area (Å²) in [5.74, 6) is 0.802. The summed E-state index contributed by atoms with van der Waals surface area (Å²) in [6, 6.07) is 0.672. The Kier molecular flexibility index (Phi) is 5.46. The van der Waals surface area contributed by atoms with Crippen LogP contribution >= 0.6 is 15.9 Å². The van der Waals surface area contributed by atoms with Crippen molar-refractivity contribution in [2.75, 3.05) is 0 Å². The van der Waals surface area contributed by atoms with Gasteiger partial charge in [-0.15, -0.1) is 0 Å². The van der Waals surface area contributed by atoms with Crippen molar-refractivity contribution in [1.29, 1.82) is 0 Å². The summed E-state index contributed by atoms with van der Waals surface area (Å²) in [4.78, 5) is 0. The molecule has 0 radical (unpaired) electrons. The number of nitrogens with zero attached hydrogens (tertiary/aromatic N) is 2. The normalized spacial score (nSPS) is 23.8. The molecular formula is C15H26BrN3. The molecule has 1 aliphatic carbocycles. The van der Waals surface area contributed by atoms with Gasteiger partial charge in [0.1, 0.15) is 0 Å². The standard InChI is InChI=1S/C15H26BrN3/c1-4-12-15(16)14(19(5-2)18-12)10-17-13-9-7-6-8-11(13)3/h11,13,17H,4-10H2,1-3H3. The molecule has 0 aliphatic heterocycles. The van der Waals surface area contributed by atoms with Crippen molar-refractivity contribution in [2.45, 2.75) is 72.0 Å². The van der Waals surface area contributed by atoms with Crippen LogP contribution in [-0.2, 0) is 19.5 Å². The summed E-state index contributed by atoms with van der Waals surface area (Å²) in [7, 11) is 0. The Bertz CT molecular complexity index is 414. The van der Waals surface area contributed by atoms with Gasteiger partial charge in [0.15, 0.2) is 0 Å². The smallest absolute Gasteiger partial charge is 0.0767 e. The van der Waals surface area contributed by atoms with Gasteiger partial charge in [-0.1, -0.05) is 26.7 Å². The molecule has 19 heavy (non-hydrogen) atoms. The van der Waals surface area contributed by atoms with Crippen LogP contribution in [-0.4, -0.2) is 15.8 Å². The third-order valence-corrected chi connectivity index (χ3v) is 5.25. The van der Waals surface area contributed by atoms with Crippen molar-refractivity contribution in [1.82, 2.24) is 15.1 Å². The molecule has 0 saturated heterocycles. The van der Waals surface area contributed by atoms with Crippen LogP contribution < -0.4 is 5.32 Å². The molecule has 1 aromatic heterocycles. The highest BCUT2D eigenvalue weighted by atomic mass is 79.9. The van der Waals surface area contributed by atoms with Crippen LogP contribution in [0.2, 0.25) is 0 Å². The van der Waals surface area contributed by atoms with Crippen molar-refractivity contribution in [2.24, 2.45) is 5.92 Å². The lowest BCUT2D eigenvalue weighted by Gasteiger charge is -2.29.